The summed E-state index contributed by atoms with van der Waals surface area (Å²) in [6.45, 7) is 4.08. The second-order valence-electron chi connectivity index (χ2n) is 3.75. The van der Waals surface area contributed by atoms with Crippen molar-refractivity contribution in [3.05, 3.63) is 0 Å². The van der Waals surface area contributed by atoms with Gasteiger partial charge in [-0.3, -0.25) is 4.79 Å². The Balaban J connectivity index is 1.93. The van der Waals surface area contributed by atoms with Gasteiger partial charge >= 0.3 is 0 Å². The van der Waals surface area contributed by atoms with Gasteiger partial charge in [-0.1, -0.05) is 0 Å². The third-order valence-corrected chi connectivity index (χ3v) is 3.96. The maximum absolute atomic E-state index is 11.8. The van der Waals surface area contributed by atoms with Gasteiger partial charge in [-0.15, -0.1) is 0 Å². The van der Waals surface area contributed by atoms with Crippen molar-refractivity contribution >= 4 is 17.7 Å². The third-order valence-electron chi connectivity index (χ3n) is 2.77. The summed E-state index contributed by atoms with van der Waals surface area (Å²) < 4.78 is 0. The Morgan fingerprint density at radius 1 is 1.62 bits per heavy atom. The first-order chi connectivity index (χ1) is 6.29. The van der Waals surface area contributed by atoms with Crippen LogP contribution in [0.3, 0.4) is 0 Å². The average molecular weight is 200 g/mol. The van der Waals surface area contributed by atoms with Crippen molar-refractivity contribution in [3.8, 4) is 0 Å². The van der Waals surface area contributed by atoms with E-state index in [4.69, 9.17) is 0 Å². The van der Waals surface area contributed by atoms with E-state index in [-0.39, 0.29) is 6.04 Å². The molecule has 2 fully saturated rings. The Kier molecular flexibility index (Phi) is 2.79. The minimum Gasteiger partial charge on any atom is -0.337 e. The van der Waals surface area contributed by atoms with Crippen LogP contribution < -0.4 is 5.32 Å². The van der Waals surface area contributed by atoms with Crippen molar-refractivity contribution in [3.63, 3.8) is 0 Å². The van der Waals surface area contributed by atoms with Crippen molar-refractivity contribution in [1.82, 2.24) is 10.2 Å². The highest BCUT2D eigenvalue weighted by Crippen LogP contribution is 2.18. The summed E-state index contributed by atoms with van der Waals surface area (Å²) in [5.74, 6) is 2.51. The third kappa shape index (κ3) is 1.83. The van der Waals surface area contributed by atoms with Crippen molar-refractivity contribution in [2.24, 2.45) is 0 Å². The summed E-state index contributed by atoms with van der Waals surface area (Å²) in [5.41, 5.74) is 0. The largest absolute Gasteiger partial charge is 0.337 e. The summed E-state index contributed by atoms with van der Waals surface area (Å²) in [4.78, 5) is 13.9. The minimum absolute atomic E-state index is 0.130. The molecule has 74 valence electrons. The molecule has 1 amide bonds. The number of rotatable bonds is 1. The molecule has 1 N–H and O–H groups in total. The predicted octanol–water partition coefficient (Wildman–Crippen LogP) is 0.312. The van der Waals surface area contributed by atoms with Crippen LogP contribution in [0.25, 0.3) is 0 Å². The zero-order chi connectivity index (χ0) is 9.26. The molecule has 3 nitrogen and oxygen atoms in total. The van der Waals surface area contributed by atoms with Crippen LogP contribution in [-0.2, 0) is 4.79 Å². The van der Waals surface area contributed by atoms with Crippen molar-refractivity contribution in [1.29, 1.82) is 0 Å². The van der Waals surface area contributed by atoms with E-state index in [1.807, 2.05) is 16.7 Å². The molecule has 13 heavy (non-hydrogen) atoms. The number of carbonyl (C=O) groups is 1. The molecule has 0 saturated carbocycles. The number of hydrogen-bond acceptors (Lipinski definition) is 3. The normalized spacial score (nSPS) is 34.1. The van der Waals surface area contributed by atoms with Gasteiger partial charge in [-0.05, 0) is 19.9 Å². The molecule has 0 aromatic heterocycles. The molecule has 0 aromatic rings. The molecule has 2 atom stereocenters. The number of nitrogens with zero attached hydrogens (tertiary/aromatic N) is 1. The lowest BCUT2D eigenvalue weighted by molar-refractivity contribution is -0.136. The van der Waals surface area contributed by atoms with Gasteiger partial charge in [0.05, 0.1) is 6.04 Å². The SMILES string of the molecule is CC1CSCCN1C(=O)[C@H]1CCN1. The molecule has 0 spiro atoms. The van der Waals surface area contributed by atoms with Crippen LogP contribution in [0.5, 0.6) is 0 Å². The maximum Gasteiger partial charge on any atom is 0.240 e. The van der Waals surface area contributed by atoms with Gasteiger partial charge in [0.2, 0.25) is 5.91 Å². The van der Waals surface area contributed by atoms with Crippen LogP contribution in [0.1, 0.15) is 13.3 Å². The van der Waals surface area contributed by atoms with Crippen LogP contribution in [0.2, 0.25) is 0 Å². The van der Waals surface area contributed by atoms with E-state index < -0.39 is 0 Å². The van der Waals surface area contributed by atoms with Crippen LogP contribution >= 0.6 is 11.8 Å². The lowest BCUT2D eigenvalue weighted by Gasteiger charge is -2.38. The van der Waals surface area contributed by atoms with Gasteiger partial charge in [0.15, 0.2) is 0 Å². The Bertz CT molecular complexity index is 206. The van der Waals surface area contributed by atoms with Gasteiger partial charge in [0, 0.05) is 24.1 Å². The van der Waals surface area contributed by atoms with Crippen LogP contribution in [0.15, 0.2) is 0 Å². The molecular formula is C9H16N2OS. The lowest BCUT2D eigenvalue weighted by atomic mass is 10.1. The summed E-state index contributed by atoms with van der Waals surface area (Å²) in [7, 11) is 0. The zero-order valence-corrected chi connectivity index (χ0v) is 8.77. The second-order valence-corrected chi connectivity index (χ2v) is 4.90. The minimum atomic E-state index is 0.130. The molecule has 0 bridgehead atoms. The van der Waals surface area contributed by atoms with Crippen LogP contribution in [-0.4, -0.2) is 47.5 Å². The summed E-state index contributed by atoms with van der Waals surface area (Å²) in [6.07, 6.45) is 1.02. The van der Waals surface area contributed by atoms with Crippen LogP contribution in [0, 0.1) is 0 Å². The fourth-order valence-corrected chi connectivity index (χ4v) is 2.77. The molecule has 2 heterocycles. The van der Waals surface area contributed by atoms with E-state index in [0.29, 0.717) is 11.9 Å². The molecule has 0 radical (unpaired) electrons. The van der Waals surface area contributed by atoms with E-state index in [0.717, 1.165) is 31.0 Å². The van der Waals surface area contributed by atoms with E-state index >= 15 is 0 Å². The summed E-state index contributed by atoms with van der Waals surface area (Å²) >= 11 is 1.95. The maximum atomic E-state index is 11.8. The Morgan fingerprint density at radius 2 is 2.38 bits per heavy atom. The quantitative estimate of drug-likeness (QED) is 0.661. The van der Waals surface area contributed by atoms with Gasteiger partial charge in [-0.2, -0.15) is 11.8 Å². The highest BCUT2D eigenvalue weighted by Gasteiger charge is 2.32. The first kappa shape index (κ1) is 9.34. The van der Waals surface area contributed by atoms with Gasteiger partial charge in [-0.25, -0.2) is 0 Å². The van der Waals surface area contributed by atoms with Crippen molar-refractivity contribution < 1.29 is 4.79 Å². The van der Waals surface area contributed by atoms with E-state index in [1.165, 1.54) is 0 Å². The van der Waals surface area contributed by atoms with Crippen molar-refractivity contribution in [2.75, 3.05) is 24.6 Å². The second kappa shape index (κ2) is 3.88. The zero-order valence-electron chi connectivity index (χ0n) is 7.95. The predicted molar refractivity (Wildman–Crippen MR) is 54.9 cm³/mol. The lowest BCUT2D eigenvalue weighted by Crippen LogP contribution is -2.57. The number of nitrogens with one attached hydrogen (secondary N) is 1. The molecule has 0 aliphatic carbocycles. The molecule has 2 aliphatic heterocycles. The first-order valence-electron chi connectivity index (χ1n) is 4.90. The number of amides is 1. The molecular weight excluding hydrogens is 184 g/mol. The molecule has 0 aromatic carbocycles. The number of hydrogen-bond donors (Lipinski definition) is 1. The Labute approximate surface area is 83.2 Å². The Morgan fingerprint density at radius 3 is 2.92 bits per heavy atom. The smallest absolute Gasteiger partial charge is 0.240 e. The average Bonchev–Trinajstić information content (AvgIpc) is 2.01. The van der Waals surface area contributed by atoms with E-state index in [9.17, 15) is 4.79 Å². The highest BCUT2D eigenvalue weighted by atomic mass is 32.2. The monoisotopic (exact) mass is 200 g/mol. The standard InChI is InChI=1S/C9H16N2OS/c1-7-6-13-5-4-11(7)9(12)8-2-3-10-8/h7-8,10H,2-6H2,1H3/t7?,8-/m1/s1. The molecule has 2 saturated heterocycles. The fraction of sp³-hybridized carbons (Fsp3) is 0.889. The molecule has 2 aliphatic rings. The van der Waals surface area contributed by atoms with Gasteiger partial charge in [0.25, 0.3) is 0 Å². The van der Waals surface area contributed by atoms with Gasteiger partial charge in [0.1, 0.15) is 0 Å². The Hall–Kier alpha value is -0.220. The van der Waals surface area contributed by atoms with Crippen LogP contribution in [0.4, 0.5) is 0 Å². The summed E-state index contributed by atoms with van der Waals surface area (Å²) in [5, 5.41) is 3.17. The molecule has 4 heteroatoms. The highest BCUT2D eigenvalue weighted by molar-refractivity contribution is 7.99. The number of thioether (sulfide) groups is 1. The fourth-order valence-electron chi connectivity index (χ4n) is 1.75. The van der Waals surface area contributed by atoms with E-state index in [2.05, 4.69) is 12.2 Å². The first-order valence-corrected chi connectivity index (χ1v) is 6.06. The number of carbonyl (C=O) groups excluding carboxylic acids is 1. The van der Waals surface area contributed by atoms with Gasteiger partial charge < -0.3 is 10.2 Å². The molecule has 2 rings (SSSR count). The molecule has 1 unspecified atom stereocenters. The van der Waals surface area contributed by atoms with Crippen molar-refractivity contribution in [2.45, 2.75) is 25.4 Å². The van der Waals surface area contributed by atoms with E-state index in [1.54, 1.807) is 0 Å². The summed E-state index contributed by atoms with van der Waals surface area (Å²) in [6, 6.07) is 0.555. The topological polar surface area (TPSA) is 32.3 Å².